The molecule has 0 aliphatic carbocycles. The van der Waals surface area contributed by atoms with Gasteiger partial charge < -0.3 is 15.7 Å². The molecule has 0 rings (SSSR count). The minimum atomic E-state index is -0.208. The van der Waals surface area contributed by atoms with E-state index in [4.69, 9.17) is 5.11 Å². The van der Waals surface area contributed by atoms with Crippen LogP contribution in [-0.2, 0) is 0 Å². The zero-order chi connectivity index (χ0) is 11.9. The molecule has 0 spiro atoms. The zero-order valence-corrected chi connectivity index (χ0v) is 10.3. The Hall–Kier alpha value is -0.770. The van der Waals surface area contributed by atoms with Crippen molar-refractivity contribution in [2.45, 2.75) is 34.1 Å². The molecule has 4 heteroatoms. The van der Waals surface area contributed by atoms with Crippen molar-refractivity contribution in [3.8, 4) is 0 Å². The molecule has 15 heavy (non-hydrogen) atoms. The molecule has 0 aliphatic heterocycles. The second-order valence-electron chi connectivity index (χ2n) is 5.10. The lowest BCUT2D eigenvalue weighted by molar-refractivity contribution is 0.222. The molecule has 0 unspecified atom stereocenters. The maximum Gasteiger partial charge on any atom is 0.314 e. The van der Waals surface area contributed by atoms with Crippen molar-refractivity contribution in [2.24, 2.45) is 11.3 Å². The lowest BCUT2D eigenvalue weighted by atomic mass is 9.84. The van der Waals surface area contributed by atoms with E-state index in [9.17, 15) is 4.79 Å². The molecule has 0 radical (unpaired) electrons. The van der Waals surface area contributed by atoms with Crippen molar-refractivity contribution < 1.29 is 9.90 Å². The number of aliphatic hydroxyl groups excluding tert-OH is 1. The van der Waals surface area contributed by atoms with Gasteiger partial charge in [0.15, 0.2) is 0 Å². The fourth-order valence-electron chi connectivity index (χ4n) is 1.73. The molecule has 0 fully saturated rings. The lowest BCUT2D eigenvalue weighted by Gasteiger charge is -2.26. The van der Waals surface area contributed by atoms with Crippen LogP contribution in [0.3, 0.4) is 0 Å². The summed E-state index contributed by atoms with van der Waals surface area (Å²) in [4.78, 5) is 11.2. The SMILES string of the molecule is CC(C)CC(C)(C)CNC(=O)NCCO. The Bertz CT molecular complexity index is 191. The zero-order valence-electron chi connectivity index (χ0n) is 10.3. The molecule has 3 N–H and O–H groups in total. The molecule has 0 saturated carbocycles. The molecular weight excluding hydrogens is 192 g/mol. The average Bonchev–Trinajstić information content (AvgIpc) is 2.09. The lowest BCUT2D eigenvalue weighted by Crippen LogP contribution is -2.42. The van der Waals surface area contributed by atoms with Crippen LogP contribution in [-0.4, -0.2) is 30.8 Å². The van der Waals surface area contributed by atoms with Crippen molar-refractivity contribution in [3.05, 3.63) is 0 Å². The normalized spacial score (nSPS) is 11.6. The molecule has 0 bridgehead atoms. The molecule has 0 aromatic carbocycles. The van der Waals surface area contributed by atoms with Gasteiger partial charge in [-0.25, -0.2) is 4.79 Å². The van der Waals surface area contributed by atoms with E-state index in [0.29, 0.717) is 19.0 Å². The second kappa shape index (κ2) is 6.67. The number of rotatable bonds is 6. The first-order valence-corrected chi connectivity index (χ1v) is 5.50. The van der Waals surface area contributed by atoms with Gasteiger partial charge in [0.05, 0.1) is 6.61 Å². The van der Waals surface area contributed by atoms with Crippen LogP contribution in [0.5, 0.6) is 0 Å². The number of carbonyl (C=O) groups is 1. The first kappa shape index (κ1) is 14.2. The Balaban J connectivity index is 3.77. The Kier molecular flexibility index (Phi) is 6.32. The quantitative estimate of drug-likeness (QED) is 0.627. The van der Waals surface area contributed by atoms with Gasteiger partial charge in [0.1, 0.15) is 0 Å². The first-order valence-electron chi connectivity index (χ1n) is 5.50. The van der Waals surface area contributed by atoms with Gasteiger partial charge in [-0.2, -0.15) is 0 Å². The summed E-state index contributed by atoms with van der Waals surface area (Å²) in [6.45, 7) is 9.56. The molecule has 0 saturated heterocycles. The predicted molar refractivity (Wildman–Crippen MR) is 61.7 cm³/mol. The fraction of sp³-hybridized carbons (Fsp3) is 0.909. The summed E-state index contributed by atoms with van der Waals surface area (Å²) < 4.78 is 0. The van der Waals surface area contributed by atoms with Crippen LogP contribution in [0.1, 0.15) is 34.1 Å². The van der Waals surface area contributed by atoms with Crippen LogP contribution < -0.4 is 10.6 Å². The highest BCUT2D eigenvalue weighted by molar-refractivity contribution is 5.73. The van der Waals surface area contributed by atoms with Crippen molar-refractivity contribution in [1.29, 1.82) is 0 Å². The third kappa shape index (κ3) is 8.24. The van der Waals surface area contributed by atoms with Gasteiger partial charge in [-0.15, -0.1) is 0 Å². The minimum absolute atomic E-state index is 0.0250. The van der Waals surface area contributed by atoms with E-state index in [1.807, 2.05) is 0 Å². The Morgan fingerprint density at radius 3 is 2.40 bits per heavy atom. The molecule has 0 heterocycles. The highest BCUT2D eigenvalue weighted by atomic mass is 16.3. The number of hydrogen-bond donors (Lipinski definition) is 3. The summed E-state index contributed by atoms with van der Waals surface area (Å²) in [5, 5.41) is 13.9. The maximum atomic E-state index is 11.2. The van der Waals surface area contributed by atoms with Crippen LogP contribution in [0.15, 0.2) is 0 Å². The largest absolute Gasteiger partial charge is 0.395 e. The van der Waals surface area contributed by atoms with Crippen LogP contribution in [0.2, 0.25) is 0 Å². The number of nitrogens with one attached hydrogen (secondary N) is 2. The molecule has 0 atom stereocenters. The summed E-state index contributed by atoms with van der Waals surface area (Å²) in [5.74, 6) is 0.627. The number of urea groups is 1. The molecular formula is C11H24N2O2. The van der Waals surface area contributed by atoms with E-state index >= 15 is 0 Å². The van der Waals surface area contributed by atoms with Gasteiger partial charge >= 0.3 is 6.03 Å². The van der Waals surface area contributed by atoms with Gasteiger partial charge in [0, 0.05) is 13.1 Å². The number of carbonyl (C=O) groups excluding carboxylic acids is 1. The minimum Gasteiger partial charge on any atom is -0.395 e. The topological polar surface area (TPSA) is 61.4 Å². The Morgan fingerprint density at radius 1 is 1.33 bits per heavy atom. The smallest absolute Gasteiger partial charge is 0.314 e. The van der Waals surface area contributed by atoms with E-state index in [-0.39, 0.29) is 18.1 Å². The Labute approximate surface area is 92.4 Å². The summed E-state index contributed by atoms with van der Waals surface area (Å²) >= 11 is 0. The van der Waals surface area contributed by atoms with E-state index in [2.05, 4.69) is 38.3 Å². The Morgan fingerprint density at radius 2 is 1.93 bits per heavy atom. The van der Waals surface area contributed by atoms with Crippen molar-refractivity contribution >= 4 is 6.03 Å². The summed E-state index contributed by atoms with van der Waals surface area (Å²) in [6, 6.07) is -0.208. The van der Waals surface area contributed by atoms with Gasteiger partial charge in [-0.1, -0.05) is 27.7 Å². The monoisotopic (exact) mass is 216 g/mol. The van der Waals surface area contributed by atoms with Crippen LogP contribution in [0.4, 0.5) is 4.79 Å². The number of aliphatic hydroxyl groups is 1. The standard InChI is InChI=1S/C11H24N2O2/c1-9(2)7-11(3,4)8-13-10(15)12-5-6-14/h9,14H,5-8H2,1-4H3,(H2,12,13,15). The number of hydrogen-bond acceptors (Lipinski definition) is 2. The van der Waals surface area contributed by atoms with Crippen molar-refractivity contribution in [1.82, 2.24) is 10.6 Å². The third-order valence-electron chi connectivity index (χ3n) is 2.09. The van der Waals surface area contributed by atoms with E-state index < -0.39 is 0 Å². The van der Waals surface area contributed by atoms with Crippen molar-refractivity contribution in [2.75, 3.05) is 19.7 Å². The molecule has 0 aliphatic rings. The highest BCUT2D eigenvalue weighted by Crippen LogP contribution is 2.23. The van der Waals surface area contributed by atoms with Gasteiger partial charge in [0.2, 0.25) is 0 Å². The van der Waals surface area contributed by atoms with Crippen LogP contribution >= 0.6 is 0 Å². The summed E-state index contributed by atoms with van der Waals surface area (Å²) in [6.07, 6.45) is 1.08. The van der Waals surface area contributed by atoms with E-state index in [1.54, 1.807) is 0 Å². The molecule has 2 amide bonds. The second-order valence-corrected chi connectivity index (χ2v) is 5.10. The molecule has 4 nitrogen and oxygen atoms in total. The van der Waals surface area contributed by atoms with Gasteiger partial charge in [-0.3, -0.25) is 0 Å². The number of amides is 2. The predicted octanol–water partition coefficient (Wildman–Crippen LogP) is 1.35. The van der Waals surface area contributed by atoms with E-state index in [0.717, 1.165) is 6.42 Å². The third-order valence-corrected chi connectivity index (χ3v) is 2.09. The van der Waals surface area contributed by atoms with Crippen LogP contribution in [0.25, 0.3) is 0 Å². The molecule has 90 valence electrons. The van der Waals surface area contributed by atoms with Gasteiger partial charge in [0.25, 0.3) is 0 Å². The first-order chi connectivity index (χ1) is 6.87. The highest BCUT2D eigenvalue weighted by Gasteiger charge is 2.19. The van der Waals surface area contributed by atoms with E-state index in [1.165, 1.54) is 0 Å². The molecule has 0 aromatic heterocycles. The summed E-state index contributed by atoms with van der Waals surface area (Å²) in [5.41, 5.74) is 0.116. The summed E-state index contributed by atoms with van der Waals surface area (Å²) in [7, 11) is 0. The van der Waals surface area contributed by atoms with Crippen molar-refractivity contribution in [3.63, 3.8) is 0 Å². The molecule has 0 aromatic rings. The van der Waals surface area contributed by atoms with Gasteiger partial charge in [-0.05, 0) is 17.8 Å². The fourth-order valence-corrected chi connectivity index (χ4v) is 1.73. The average molecular weight is 216 g/mol. The van der Waals surface area contributed by atoms with Crippen LogP contribution in [0, 0.1) is 11.3 Å². The maximum absolute atomic E-state index is 11.2.